The molecule has 0 spiro atoms. The smallest absolute Gasteiger partial charge is 0.340 e. The molecule has 1 aromatic carbocycles. The Balaban J connectivity index is 1.60. The van der Waals surface area contributed by atoms with Crippen molar-refractivity contribution in [3.8, 4) is 0 Å². The summed E-state index contributed by atoms with van der Waals surface area (Å²) >= 11 is 0. The molecule has 2 aromatic rings. The topological polar surface area (TPSA) is 104 Å². The van der Waals surface area contributed by atoms with Gasteiger partial charge >= 0.3 is 5.97 Å². The van der Waals surface area contributed by atoms with Gasteiger partial charge in [0.25, 0.3) is 5.91 Å². The Morgan fingerprint density at radius 2 is 1.81 bits per heavy atom. The Kier molecular flexibility index (Phi) is 7.53. The number of hydrogen-bond acceptors (Lipinski definition) is 6. The average molecular weight is 443 g/mol. The predicted octanol–water partition coefficient (Wildman–Crippen LogP) is 2.36. The van der Waals surface area contributed by atoms with Crippen molar-refractivity contribution in [1.29, 1.82) is 0 Å². The highest BCUT2D eigenvalue weighted by Gasteiger charge is 2.25. The highest BCUT2D eigenvalue weighted by molar-refractivity contribution is 6.02. The maximum absolute atomic E-state index is 12.9. The zero-order chi connectivity index (χ0) is 23.3. The fourth-order valence-electron chi connectivity index (χ4n) is 3.73. The third kappa shape index (κ3) is 5.28. The molecule has 9 nitrogen and oxygen atoms in total. The lowest BCUT2D eigenvalue weighted by atomic mass is 10.1. The normalized spacial score (nSPS) is 13.6. The van der Waals surface area contributed by atoms with Crippen molar-refractivity contribution >= 4 is 29.2 Å². The summed E-state index contributed by atoms with van der Waals surface area (Å²) in [6, 6.07) is 7.60. The van der Waals surface area contributed by atoms with Gasteiger partial charge in [0.1, 0.15) is 5.69 Å². The molecule has 0 atom stereocenters. The largest absolute Gasteiger partial charge is 0.462 e. The van der Waals surface area contributed by atoms with Crippen LogP contribution in [0.5, 0.6) is 0 Å². The number of esters is 1. The predicted molar refractivity (Wildman–Crippen MR) is 121 cm³/mol. The Labute approximate surface area is 187 Å². The number of aryl methyl sites for hydroxylation is 1. The molecule has 2 amide bonds. The van der Waals surface area contributed by atoms with E-state index in [1.165, 1.54) is 4.90 Å². The SMILES string of the molecule is CCOC(=O)c1c(C)[nH]c(C(=O)N(C)CC(=O)Nc2ccc(N3CCOCC3)cc2)c1C. The second-order valence-corrected chi connectivity index (χ2v) is 7.70. The van der Waals surface area contributed by atoms with Crippen molar-refractivity contribution < 1.29 is 23.9 Å². The van der Waals surface area contributed by atoms with Gasteiger partial charge in [-0.1, -0.05) is 0 Å². The van der Waals surface area contributed by atoms with Crippen molar-refractivity contribution in [2.45, 2.75) is 20.8 Å². The Morgan fingerprint density at radius 3 is 2.44 bits per heavy atom. The molecule has 32 heavy (non-hydrogen) atoms. The number of amides is 2. The number of hydrogen-bond donors (Lipinski definition) is 2. The van der Waals surface area contributed by atoms with E-state index in [4.69, 9.17) is 9.47 Å². The van der Waals surface area contributed by atoms with E-state index in [0.29, 0.717) is 35.7 Å². The summed E-state index contributed by atoms with van der Waals surface area (Å²) in [6.07, 6.45) is 0. The fraction of sp³-hybridized carbons (Fsp3) is 0.435. The van der Waals surface area contributed by atoms with E-state index in [9.17, 15) is 14.4 Å². The van der Waals surface area contributed by atoms with Gasteiger partial charge in [-0.2, -0.15) is 0 Å². The van der Waals surface area contributed by atoms with Crippen LogP contribution < -0.4 is 10.2 Å². The van der Waals surface area contributed by atoms with Gasteiger partial charge in [-0.25, -0.2) is 4.79 Å². The minimum absolute atomic E-state index is 0.129. The summed E-state index contributed by atoms with van der Waals surface area (Å²) in [7, 11) is 1.54. The number of carbonyl (C=O) groups is 3. The second-order valence-electron chi connectivity index (χ2n) is 7.70. The van der Waals surface area contributed by atoms with Crippen LogP contribution in [0.25, 0.3) is 0 Å². The summed E-state index contributed by atoms with van der Waals surface area (Å²) in [4.78, 5) is 44.0. The molecule has 2 heterocycles. The van der Waals surface area contributed by atoms with Gasteiger partial charge < -0.3 is 29.6 Å². The first-order chi connectivity index (χ1) is 15.3. The molecule has 1 aromatic heterocycles. The molecule has 1 saturated heterocycles. The van der Waals surface area contributed by atoms with Crippen LogP contribution in [-0.4, -0.2) is 74.2 Å². The van der Waals surface area contributed by atoms with Crippen LogP contribution in [0.3, 0.4) is 0 Å². The van der Waals surface area contributed by atoms with Crippen molar-refractivity contribution in [2.75, 3.05) is 56.7 Å². The highest BCUT2D eigenvalue weighted by Crippen LogP contribution is 2.21. The number of benzene rings is 1. The maximum atomic E-state index is 12.9. The minimum atomic E-state index is -0.473. The molecule has 0 aliphatic carbocycles. The maximum Gasteiger partial charge on any atom is 0.340 e. The van der Waals surface area contributed by atoms with E-state index < -0.39 is 5.97 Å². The number of rotatable bonds is 7. The van der Waals surface area contributed by atoms with Gasteiger partial charge in [0.2, 0.25) is 5.91 Å². The third-order valence-corrected chi connectivity index (χ3v) is 5.39. The lowest BCUT2D eigenvalue weighted by molar-refractivity contribution is -0.116. The lowest BCUT2D eigenvalue weighted by Gasteiger charge is -2.28. The highest BCUT2D eigenvalue weighted by atomic mass is 16.5. The van der Waals surface area contributed by atoms with Crippen LogP contribution >= 0.6 is 0 Å². The molecule has 3 rings (SSSR count). The summed E-state index contributed by atoms with van der Waals surface area (Å²) in [5.41, 5.74) is 3.43. The molecule has 1 fully saturated rings. The van der Waals surface area contributed by atoms with E-state index in [1.54, 1.807) is 27.8 Å². The monoisotopic (exact) mass is 442 g/mol. The zero-order valence-corrected chi connectivity index (χ0v) is 19.0. The van der Waals surface area contributed by atoms with E-state index in [0.717, 1.165) is 18.8 Å². The van der Waals surface area contributed by atoms with E-state index in [2.05, 4.69) is 15.2 Å². The van der Waals surface area contributed by atoms with Crippen LogP contribution in [0.4, 0.5) is 11.4 Å². The van der Waals surface area contributed by atoms with Gasteiger partial charge in [0.15, 0.2) is 0 Å². The molecule has 0 radical (unpaired) electrons. The first-order valence-electron chi connectivity index (χ1n) is 10.7. The molecular weight excluding hydrogens is 412 g/mol. The number of nitrogens with zero attached hydrogens (tertiary/aromatic N) is 2. The standard InChI is InChI=1S/C23H30N4O5/c1-5-32-23(30)20-15(2)21(24-16(20)3)22(29)26(4)14-19(28)25-17-6-8-18(9-7-17)27-10-12-31-13-11-27/h6-9,24H,5,10-14H2,1-4H3,(H,25,28). The van der Waals surface area contributed by atoms with Gasteiger partial charge in [-0.3, -0.25) is 9.59 Å². The van der Waals surface area contributed by atoms with Crippen molar-refractivity contribution in [3.05, 3.63) is 46.8 Å². The number of carbonyl (C=O) groups excluding carboxylic acids is 3. The minimum Gasteiger partial charge on any atom is -0.462 e. The summed E-state index contributed by atoms with van der Waals surface area (Å²) in [6.45, 7) is 8.35. The molecule has 1 aliphatic rings. The number of aromatic amines is 1. The zero-order valence-electron chi connectivity index (χ0n) is 19.0. The molecule has 9 heteroatoms. The van der Waals surface area contributed by atoms with Gasteiger partial charge in [0.05, 0.1) is 31.9 Å². The fourth-order valence-corrected chi connectivity index (χ4v) is 3.73. The number of aromatic nitrogens is 1. The molecule has 0 saturated carbocycles. The van der Waals surface area contributed by atoms with E-state index in [1.807, 2.05) is 24.3 Å². The number of anilines is 2. The van der Waals surface area contributed by atoms with Gasteiger partial charge in [0, 0.05) is 37.2 Å². The molecular formula is C23H30N4O5. The second kappa shape index (κ2) is 10.3. The molecule has 1 aliphatic heterocycles. The lowest BCUT2D eigenvalue weighted by Crippen LogP contribution is -2.36. The quantitative estimate of drug-likeness (QED) is 0.638. The van der Waals surface area contributed by atoms with Gasteiger partial charge in [-0.15, -0.1) is 0 Å². The number of likely N-dealkylation sites (N-methyl/N-ethyl adjacent to an activating group) is 1. The van der Waals surface area contributed by atoms with Crippen LogP contribution in [0.1, 0.15) is 39.0 Å². The van der Waals surface area contributed by atoms with Crippen LogP contribution in [-0.2, 0) is 14.3 Å². The van der Waals surface area contributed by atoms with Crippen LogP contribution in [0.15, 0.2) is 24.3 Å². The molecule has 0 bridgehead atoms. The Bertz CT molecular complexity index is 977. The van der Waals surface area contributed by atoms with Gasteiger partial charge in [-0.05, 0) is 50.6 Å². The summed E-state index contributed by atoms with van der Waals surface area (Å²) in [5, 5.41) is 2.82. The van der Waals surface area contributed by atoms with Crippen molar-refractivity contribution in [3.63, 3.8) is 0 Å². The summed E-state index contributed by atoms with van der Waals surface area (Å²) in [5.74, 6) is -1.16. The molecule has 0 unspecified atom stereocenters. The van der Waals surface area contributed by atoms with E-state index in [-0.39, 0.29) is 30.7 Å². The Morgan fingerprint density at radius 1 is 1.16 bits per heavy atom. The number of H-pyrrole nitrogens is 1. The Hall–Kier alpha value is -3.33. The van der Waals surface area contributed by atoms with Crippen molar-refractivity contribution in [2.24, 2.45) is 0 Å². The van der Waals surface area contributed by atoms with Crippen molar-refractivity contribution in [1.82, 2.24) is 9.88 Å². The molecule has 2 N–H and O–H groups in total. The van der Waals surface area contributed by atoms with Crippen LogP contribution in [0, 0.1) is 13.8 Å². The number of ether oxygens (including phenoxy) is 2. The number of morpholine rings is 1. The average Bonchev–Trinajstić information content (AvgIpc) is 3.08. The molecule has 172 valence electrons. The summed E-state index contributed by atoms with van der Waals surface area (Å²) < 4.78 is 10.4. The first-order valence-corrected chi connectivity index (χ1v) is 10.7. The van der Waals surface area contributed by atoms with E-state index >= 15 is 0 Å². The first kappa shape index (κ1) is 23.3. The van der Waals surface area contributed by atoms with Crippen LogP contribution in [0.2, 0.25) is 0 Å². The third-order valence-electron chi connectivity index (χ3n) is 5.39. The number of nitrogens with one attached hydrogen (secondary N) is 2.